The lowest BCUT2D eigenvalue weighted by atomic mass is 10.1. The molecule has 0 radical (unpaired) electrons. The monoisotopic (exact) mass is 295 g/mol. The summed E-state index contributed by atoms with van der Waals surface area (Å²) in [5, 5.41) is 12.0. The average Bonchev–Trinajstić information content (AvgIpc) is 3.01. The number of nitrogens with zero attached hydrogens (tertiary/aromatic N) is 6. The summed E-state index contributed by atoms with van der Waals surface area (Å²) >= 11 is 0. The van der Waals surface area contributed by atoms with Crippen LogP contribution in [0.4, 0.5) is 11.8 Å². The first-order valence-corrected chi connectivity index (χ1v) is 7.47. The van der Waals surface area contributed by atoms with Gasteiger partial charge in [-0.1, -0.05) is 6.07 Å². The third kappa shape index (κ3) is 2.45. The maximum Gasteiger partial charge on any atom is 0.231 e. The summed E-state index contributed by atoms with van der Waals surface area (Å²) in [6.45, 7) is 1.91. The van der Waals surface area contributed by atoms with Crippen molar-refractivity contribution < 1.29 is 0 Å². The summed E-state index contributed by atoms with van der Waals surface area (Å²) in [5.41, 5.74) is 0.888. The topological polar surface area (TPSA) is 71.2 Å². The summed E-state index contributed by atoms with van der Waals surface area (Å²) < 4.78 is 2.04. The first-order chi connectivity index (χ1) is 10.9. The first-order valence-electron chi connectivity index (χ1n) is 7.47. The molecule has 3 aromatic rings. The Bertz CT molecular complexity index is 747. The number of hydrogen-bond donors (Lipinski definition) is 1. The summed E-state index contributed by atoms with van der Waals surface area (Å²) in [6.07, 6.45) is 7.43. The van der Waals surface area contributed by atoms with Gasteiger partial charge >= 0.3 is 0 Å². The first kappa shape index (κ1) is 13.0. The van der Waals surface area contributed by atoms with Crippen molar-refractivity contribution in [1.82, 2.24) is 24.6 Å². The van der Waals surface area contributed by atoms with E-state index in [1.807, 2.05) is 34.9 Å². The Kier molecular flexibility index (Phi) is 3.30. The van der Waals surface area contributed by atoms with Crippen LogP contribution in [0.25, 0.3) is 5.65 Å². The Hall–Kier alpha value is -2.70. The standard InChI is InChI=1S/C15H17N7/c1-2-8-22-14(3-1)19-20-15(22)21-9-5-12(6-10-21)18-13-4-7-16-11-17-13/h1-4,7-8,11-12H,5-6,9-10H2,(H,16,17,18). The van der Waals surface area contributed by atoms with Crippen molar-refractivity contribution in [3.63, 3.8) is 0 Å². The second-order valence-corrected chi connectivity index (χ2v) is 5.43. The molecule has 0 saturated carbocycles. The summed E-state index contributed by atoms with van der Waals surface area (Å²) in [5.74, 6) is 1.82. The van der Waals surface area contributed by atoms with Crippen molar-refractivity contribution >= 4 is 17.4 Å². The van der Waals surface area contributed by atoms with Crippen LogP contribution in [-0.4, -0.2) is 43.7 Å². The second kappa shape index (κ2) is 5.59. The number of anilines is 2. The highest BCUT2D eigenvalue weighted by molar-refractivity contribution is 5.46. The van der Waals surface area contributed by atoms with Gasteiger partial charge in [0.05, 0.1) is 0 Å². The predicted molar refractivity (Wildman–Crippen MR) is 83.9 cm³/mol. The molecule has 0 atom stereocenters. The van der Waals surface area contributed by atoms with E-state index in [0.29, 0.717) is 6.04 Å². The number of fused-ring (bicyclic) bond motifs is 1. The van der Waals surface area contributed by atoms with Gasteiger partial charge in [-0.05, 0) is 31.0 Å². The van der Waals surface area contributed by atoms with Gasteiger partial charge in [-0.15, -0.1) is 10.2 Å². The van der Waals surface area contributed by atoms with E-state index in [1.54, 1.807) is 12.5 Å². The van der Waals surface area contributed by atoms with Gasteiger partial charge in [0.1, 0.15) is 12.1 Å². The lowest BCUT2D eigenvalue weighted by Crippen LogP contribution is -2.40. The zero-order valence-electron chi connectivity index (χ0n) is 12.1. The molecule has 4 heterocycles. The lowest BCUT2D eigenvalue weighted by Gasteiger charge is -2.32. The fraction of sp³-hybridized carbons (Fsp3) is 0.333. The van der Waals surface area contributed by atoms with E-state index < -0.39 is 0 Å². The van der Waals surface area contributed by atoms with Crippen LogP contribution >= 0.6 is 0 Å². The third-order valence-corrected chi connectivity index (χ3v) is 4.01. The Balaban J connectivity index is 1.43. The molecule has 0 amide bonds. The van der Waals surface area contributed by atoms with Crippen molar-refractivity contribution in [2.75, 3.05) is 23.3 Å². The molecular formula is C15H17N7. The van der Waals surface area contributed by atoms with Gasteiger partial charge in [0, 0.05) is 31.5 Å². The third-order valence-electron chi connectivity index (χ3n) is 4.01. The highest BCUT2D eigenvalue weighted by Gasteiger charge is 2.22. The lowest BCUT2D eigenvalue weighted by molar-refractivity contribution is 0.517. The molecule has 0 aromatic carbocycles. The van der Waals surface area contributed by atoms with Gasteiger partial charge in [-0.3, -0.25) is 4.40 Å². The molecule has 1 saturated heterocycles. The van der Waals surface area contributed by atoms with Crippen LogP contribution in [0.3, 0.4) is 0 Å². The molecule has 4 rings (SSSR count). The minimum atomic E-state index is 0.435. The normalized spacial score (nSPS) is 16.1. The summed E-state index contributed by atoms with van der Waals surface area (Å²) in [6, 6.07) is 8.29. The quantitative estimate of drug-likeness (QED) is 0.791. The maximum atomic E-state index is 4.33. The maximum absolute atomic E-state index is 4.33. The number of rotatable bonds is 3. The summed E-state index contributed by atoms with van der Waals surface area (Å²) in [4.78, 5) is 10.4. The molecule has 0 unspecified atom stereocenters. The molecule has 1 aliphatic rings. The van der Waals surface area contributed by atoms with Crippen LogP contribution in [0.2, 0.25) is 0 Å². The van der Waals surface area contributed by atoms with Gasteiger partial charge in [-0.25, -0.2) is 9.97 Å². The van der Waals surface area contributed by atoms with Gasteiger partial charge in [0.25, 0.3) is 0 Å². The number of aromatic nitrogens is 5. The minimum absolute atomic E-state index is 0.435. The van der Waals surface area contributed by atoms with Crippen LogP contribution in [-0.2, 0) is 0 Å². The van der Waals surface area contributed by atoms with Crippen LogP contribution in [0, 0.1) is 0 Å². The Morgan fingerprint density at radius 3 is 2.82 bits per heavy atom. The van der Waals surface area contributed by atoms with Crippen molar-refractivity contribution in [2.24, 2.45) is 0 Å². The fourth-order valence-corrected chi connectivity index (χ4v) is 2.85. The van der Waals surface area contributed by atoms with Gasteiger partial charge < -0.3 is 10.2 Å². The molecule has 22 heavy (non-hydrogen) atoms. The molecule has 1 N–H and O–H groups in total. The predicted octanol–water partition coefficient (Wildman–Crippen LogP) is 1.60. The highest BCUT2D eigenvalue weighted by Crippen LogP contribution is 2.20. The van der Waals surface area contributed by atoms with Crippen molar-refractivity contribution in [3.8, 4) is 0 Å². The van der Waals surface area contributed by atoms with Gasteiger partial charge in [-0.2, -0.15) is 0 Å². The molecule has 0 bridgehead atoms. The van der Waals surface area contributed by atoms with Crippen molar-refractivity contribution in [2.45, 2.75) is 18.9 Å². The van der Waals surface area contributed by atoms with E-state index in [4.69, 9.17) is 0 Å². The number of nitrogens with one attached hydrogen (secondary N) is 1. The Morgan fingerprint density at radius 2 is 2.00 bits per heavy atom. The Morgan fingerprint density at radius 1 is 1.09 bits per heavy atom. The zero-order valence-corrected chi connectivity index (χ0v) is 12.1. The molecule has 0 spiro atoms. The van der Waals surface area contributed by atoms with Crippen LogP contribution in [0.5, 0.6) is 0 Å². The van der Waals surface area contributed by atoms with Gasteiger partial charge in [0.2, 0.25) is 5.95 Å². The van der Waals surface area contributed by atoms with Crippen LogP contribution < -0.4 is 10.2 Å². The number of hydrogen-bond acceptors (Lipinski definition) is 6. The molecule has 0 aliphatic carbocycles. The van der Waals surface area contributed by atoms with E-state index in [2.05, 4.69) is 30.4 Å². The molecule has 7 nitrogen and oxygen atoms in total. The zero-order chi connectivity index (χ0) is 14.8. The SMILES string of the molecule is c1ccn2c(N3CCC(Nc4ccncn4)CC3)nnc2c1. The highest BCUT2D eigenvalue weighted by atomic mass is 15.4. The second-order valence-electron chi connectivity index (χ2n) is 5.43. The molecule has 1 fully saturated rings. The largest absolute Gasteiger partial charge is 0.367 e. The Labute approximate surface area is 128 Å². The van der Waals surface area contributed by atoms with E-state index in [0.717, 1.165) is 43.3 Å². The van der Waals surface area contributed by atoms with E-state index >= 15 is 0 Å². The minimum Gasteiger partial charge on any atom is -0.367 e. The van der Waals surface area contributed by atoms with Crippen molar-refractivity contribution in [1.29, 1.82) is 0 Å². The molecule has 1 aliphatic heterocycles. The molecule has 112 valence electrons. The molecule has 7 heteroatoms. The summed E-state index contributed by atoms with van der Waals surface area (Å²) in [7, 11) is 0. The van der Waals surface area contributed by atoms with E-state index in [1.165, 1.54) is 0 Å². The molecule has 3 aromatic heterocycles. The molecular weight excluding hydrogens is 278 g/mol. The number of piperidine rings is 1. The number of pyridine rings is 1. The van der Waals surface area contributed by atoms with Crippen LogP contribution in [0.15, 0.2) is 43.0 Å². The van der Waals surface area contributed by atoms with Gasteiger partial charge in [0.15, 0.2) is 5.65 Å². The average molecular weight is 295 g/mol. The van der Waals surface area contributed by atoms with Crippen LogP contribution in [0.1, 0.15) is 12.8 Å². The van der Waals surface area contributed by atoms with E-state index in [-0.39, 0.29) is 0 Å². The smallest absolute Gasteiger partial charge is 0.231 e. The fourth-order valence-electron chi connectivity index (χ4n) is 2.85. The van der Waals surface area contributed by atoms with Crippen molar-refractivity contribution in [3.05, 3.63) is 43.0 Å². The van der Waals surface area contributed by atoms with E-state index in [9.17, 15) is 0 Å².